The molecule has 1 saturated carbocycles. The number of hydrogen-bond donors (Lipinski definition) is 2. The summed E-state index contributed by atoms with van der Waals surface area (Å²) in [6.45, 7) is 2.95. The van der Waals surface area contributed by atoms with Gasteiger partial charge in [-0.2, -0.15) is 0 Å². The number of halogens is 1. The number of hydrogen-bond acceptors (Lipinski definition) is 3. The summed E-state index contributed by atoms with van der Waals surface area (Å²) in [5.41, 5.74) is 0.676. The fraction of sp³-hybridized carbons (Fsp3) is 0.625. The Morgan fingerprint density at radius 3 is 3.05 bits per heavy atom. The molecule has 1 aromatic carbocycles. The van der Waals surface area contributed by atoms with Crippen LogP contribution in [0.25, 0.3) is 0 Å². The Balaban J connectivity index is 1.66. The van der Waals surface area contributed by atoms with E-state index in [9.17, 15) is 9.50 Å². The molecule has 4 heteroatoms. The Bertz CT molecular complexity index is 413. The first-order valence-electron chi connectivity index (χ1n) is 7.42. The summed E-state index contributed by atoms with van der Waals surface area (Å²) in [5.74, 6) is 0.438. The standard InChI is InChI=1S/C16H24FNO2/c1-12-4-2-7-16(8-12)20-11-15(19)10-18-14-6-3-5-13(17)9-14/h3,5-6,9,12,15-16,18-19H,2,4,7-8,10-11H2,1H3. The van der Waals surface area contributed by atoms with Gasteiger partial charge >= 0.3 is 0 Å². The lowest BCUT2D eigenvalue weighted by Gasteiger charge is -2.27. The van der Waals surface area contributed by atoms with Crippen LogP contribution >= 0.6 is 0 Å². The van der Waals surface area contributed by atoms with Gasteiger partial charge in [0.25, 0.3) is 0 Å². The molecule has 0 spiro atoms. The molecule has 112 valence electrons. The van der Waals surface area contributed by atoms with Gasteiger partial charge in [-0.05, 0) is 37.0 Å². The fourth-order valence-electron chi connectivity index (χ4n) is 2.67. The number of ether oxygens (including phenoxy) is 1. The van der Waals surface area contributed by atoms with Gasteiger partial charge in [-0.3, -0.25) is 0 Å². The molecule has 0 heterocycles. The molecule has 3 nitrogen and oxygen atoms in total. The summed E-state index contributed by atoms with van der Waals surface area (Å²) in [7, 11) is 0. The topological polar surface area (TPSA) is 41.5 Å². The van der Waals surface area contributed by atoms with Gasteiger partial charge in [-0.1, -0.05) is 25.8 Å². The van der Waals surface area contributed by atoms with Crippen molar-refractivity contribution >= 4 is 5.69 Å². The first-order chi connectivity index (χ1) is 9.63. The van der Waals surface area contributed by atoms with Crippen molar-refractivity contribution in [1.29, 1.82) is 0 Å². The monoisotopic (exact) mass is 281 g/mol. The van der Waals surface area contributed by atoms with Gasteiger partial charge in [0, 0.05) is 12.2 Å². The summed E-state index contributed by atoms with van der Waals surface area (Å²) < 4.78 is 18.8. The van der Waals surface area contributed by atoms with E-state index >= 15 is 0 Å². The smallest absolute Gasteiger partial charge is 0.125 e. The van der Waals surface area contributed by atoms with Crippen LogP contribution in [0.5, 0.6) is 0 Å². The first-order valence-corrected chi connectivity index (χ1v) is 7.42. The maximum atomic E-state index is 13.0. The minimum atomic E-state index is -0.574. The molecule has 3 atom stereocenters. The molecule has 1 aromatic rings. The highest BCUT2D eigenvalue weighted by atomic mass is 19.1. The Kier molecular flexibility index (Phi) is 5.80. The van der Waals surface area contributed by atoms with Crippen LogP contribution in [-0.4, -0.2) is 30.5 Å². The summed E-state index contributed by atoms with van der Waals surface area (Å²) in [6, 6.07) is 6.23. The quantitative estimate of drug-likeness (QED) is 0.841. The largest absolute Gasteiger partial charge is 0.389 e. The minimum Gasteiger partial charge on any atom is -0.389 e. The molecule has 1 aliphatic rings. The number of rotatable bonds is 6. The van der Waals surface area contributed by atoms with E-state index in [1.807, 2.05) is 0 Å². The average Bonchev–Trinajstić information content (AvgIpc) is 2.43. The Labute approximate surface area is 120 Å². The fourth-order valence-corrected chi connectivity index (χ4v) is 2.67. The number of nitrogens with one attached hydrogen (secondary N) is 1. The van der Waals surface area contributed by atoms with Gasteiger partial charge in [-0.25, -0.2) is 4.39 Å². The van der Waals surface area contributed by atoms with Crippen molar-refractivity contribution in [1.82, 2.24) is 0 Å². The molecule has 0 aromatic heterocycles. The highest BCUT2D eigenvalue weighted by Crippen LogP contribution is 2.25. The molecule has 2 N–H and O–H groups in total. The maximum Gasteiger partial charge on any atom is 0.125 e. The van der Waals surface area contributed by atoms with Crippen LogP contribution in [-0.2, 0) is 4.74 Å². The Morgan fingerprint density at radius 1 is 1.45 bits per heavy atom. The molecule has 0 amide bonds. The third-order valence-electron chi connectivity index (χ3n) is 3.78. The van der Waals surface area contributed by atoms with E-state index in [2.05, 4.69) is 12.2 Å². The van der Waals surface area contributed by atoms with Crippen LogP contribution in [0, 0.1) is 11.7 Å². The molecule has 0 saturated heterocycles. The zero-order valence-electron chi connectivity index (χ0n) is 12.0. The van der Waals surface area contributed by atoms with Crippen molar-refractivity contribution in [2.45, 2.75) is 44.8 Å². The predicted octanol–water partition coefficient (Wildman–Crippen LogP) is 3.19. The van der Waals surface area contributed by atoms with Crippen molar-refractivity contribution in [3.63, 3.8) is 0 Å². The van der Waals surface area contributed by atoms with Crippen molar-refractivity contribution in [2.75, 3.05) is 18.5 Å². The summed E-state index contributed by atoms with van der Waals surface area (Å²) in [6.07, 6.45) is 4.38. The molecule has 0 radical (unpaired) electrons. The molecule has 1 aliphatic carbocycles. The minimum absolute atomic E-state index is 0.280. The molecular formula is C16H24FNO2. The molecule has 20 heavy (non-hydrogen) atoms. The zero-order chi connectivity index (χ0) is 14.4. The van der Waals surface area contributed by atoms with E-state index in [1.54, 1.807) is 12.1 Å². The molecule has 2 rings (SSSR count). The van der Waals surface area contributed by atoms with Crippen molar-refractivity contribution in [2.24, 2.45) is 5.92 Å². The van der Waals surface area contributed by atoms with Gasteiger partial charge in [0.1, 0.15) is 5.82 Å². The van der Waals surface area contributed by atoms with Crippen LogP contribution in [0.4, 0.5) is 10.1 Å². The van der Waals surface area contributed by atoms with E-state index in [-0.39, 0.29) is 11.9 Å². The zero-order valence-corrected chi connectivity index (χ0v) is 12.0. The Hall–Kier alpha value is -1.13. The lowest BCUT2D eigenvalue weighted by atomic mass is 9.89. The van der Waals surface area contributed by atoms with E-state index < -0.39 is 6.10 Å². The second kappa shape index (κ2) is 7.60. The Morgan fingerprint density at radius 2 is 2.30 bits per heavy atom. The number of benzene rings is 1. The van der Waals surface area contributed by atoms with Gasteiger partial charge in [0.2, 0.25) is 0 Å². The van der Waals surface area contributed by atoms with Gasteiger partial charge in [-0.15, -0.1) is 0 Å². The van der Waals surface area contributed by atoms with Gasteiger partial charge < -0.3 is 15.2 Å². The van der Waals surface area contributed by atoms with Crippen molar-refractivity contribution < 1.29 is 14.2 Å². The van der Waals surface area contributed by atoms with Crippen LogP contribution in [0.15, 0.2) is 24.3 Å². The summed E-state index contributed by atoms with van der Waals surface area (Å²) >= 11 is 0. The van der Waals surface area contributed by atoms with E-state index in [0.717, 1.165) is 18.8 Å². The van der Waals surface area contributed by atoms with Gasteiger partial charge in [0.05, 0.1) is 18.8 Å². The average molecular weight is 281 g/mol. The maximum absolute atomic E-state index is 13.0. The molecule has 0 aliphatic heterocycles. The summed E-state index contributed by atoms with van der Waals surface area (Å²) in [5, 5.41) is 12.9. The molecule has 3 unspecified atom stereocenters. The van der Waals surface area contributed by atoms with E-state index in [1.165, 1.54) is 25.0 Å². The number of aliphatic hydroxyl groups is 1. The molecular weight excluding hydrogens is 257 g/mol. The summed E-state index contributed by atoms with van der Waals surface area (Å²) in [4.78, 5) is 0. The van der Waals surface area contributed by atoms with Crippen LogP contribution in [0.3, 0.4) is 0 Å². The predicted molar refractivity (Wildman–Crippen MR) is 78.3 cm³/mol. The third-order valence-corrected chi connectivity index (χ3v) is 3.78. The van der Waals surface area contributed by atoms with Crippen molar-refractivity contribution in [3.8, 4) is 0 Å². The third kappa shape index (κ3) is 5.10. The normalized spacial score (nSPS) is 24.4. The number of anilines is 1. The van der Waals surface area contributed by atoms with Crippen LogP contribution in [0.1, 0.15) is 32.6 Å². The lowest BCUT2D eigenvalue weighted by molar-refractivity contribution is -0.0274. The van der Waals surface area contributed by atoms with E-state index in [0.29, 0.717) is 18.8 Å². The van der Waals surface area contributed by atoms with Crippen molar-refractivity contribution in [3.05, 3.63) is 30.1 Å². The highest BCUT2D eigenvalue weighted by molar-refractivity contribution is 5.43. The first kappa shape index (κ1) is 15.3. The second-order valence-corrected chi connectivity index (χ2v) is 5.77. The van der Waals surface area contributed by atoms with Crippen LogP contribution in [0.2, 0.25) is 0 Å². The van der Waals surface area contributed by atoms with Gasteiger partial charge in [0.15, 0.2) is 0 Å². The second-order valence-electron chi connectivity index (χ2n) is 5.77. The molecule has 0 bridgehead atoms. The highest BCUT2D eigenvalue weighted by Gasteiger charge is 2.20. The lowest BCUT2D eigenvalue weighted by Crippen LogP contribution is -2.30. The van der Waals surface area contributed by atoms with E-state index in [4.69, 9.17) is 4.74 Å². The SMILES string of the molecule is CC1CCCC(OCC(O)CNc2cccc(F)c2)C1. The van der Waals surface area contributed by atoms with Crippen LogP contribution < -0.4 is 5.32 Å². The number of aliphatic hydroxyl groups excluding tert-OH is 1. The molecule has 1 fully saturated rings.